The molecule has 36 heavy (non-hydrogen) atoms. The number of aryl methyl sites for hydroxylation is 2. The van der Waals surface area contributed by atoms with E-state index in [0.29, 0.717) is 31.6 Å². The number of amides is 2. The summed E-state index contributed by atoms with van der Waals surface area (Å²) >= 11 is 0. The molecule has 0 aliphatic carbocycles. The lowest BCUT2D eigenvalue weighted by atomic mass is 10.1. The highest BCUT2D eigenvalue weighted by Gasteiger charge is 2.28. The Labute approximate surface area is 216 Å². The van der Waals surface area contributed by atoms with E-state index in [1.54, 1.807) is 11.0 Å². The molecule has 8 heteroatoms. The molecule has 0 saturated heterocycles. The standard InChI is InChI=1S/C28H41N3O4S/c1-6-8-18-29-28(33)26(7-2)30(21-24-16-14-22(3)15-17-24)27(32)13-10-19-31(36(5,34)35)25-12-9-11-23(4)20-25/h9,11-12,14-17,20,26H,6-8,10,13,18-19,21H2,1-5H3,(H,29,33)/t26-/m0/s1. The molecule has 0 aliphatic heterocycles. The van der Waals surface area contributed by atoms with Crippen molar-refractivity contribution in [2.75, 3.05) is 23.7 Å². The fourth-order valence-corrected chi connectivity index (χ4v) is 5.06. The van der Waals surface area contributed by atoms with Crippen LogP contribution in [0.15, 0.2) is 48.5 Å². The number of anilines is 1. The van der Waals surface area contributed by atoms with Crippen molar-refractivity contribution in [2.24, 2.45) is 0 Å². The summed E-state index contributed by atoms with van der Waals surface area (Å²) in [5.41, 5.74) is 3.62. The second-order valence-electron chi connectivity index (χ2n) is 9.35. The summed E-state index contributed by atoms with van der Waals surface area (Å²) in [5.74, 6) is -0.310. The van der Waals surface area contributed by atoms with Crippen LogP contribution in [0, 0.1) is 13.8 Å². The van der Waals surface area contributed by atoms with Gasteiger partial charge in [0.15, 0.2) is 0 Å². The van der Waals surface area contributed by atoms with Crippen LogP contribution < -0.4 is 9.62 Å². The molecule has 0 unspecified atom stereocenters. The van der Waals surface area contributed by atoms with Crippen LogP contribution in [-0.4, -0.2) is 50.5 Å². The van der Waals surface area contributed by atoms with Crippen LogP contribution in [0.5, 0.6) is 0 Å². The van der Waals surface area contributed by atoms with Crippen LogP contribution in [0.3, 0.4) is 0 Å². The Bertz CT molecular complexity index is 1100. The number of rotatable bonds is 14. The number of benzene rings is 2. The van der Waals surface area contributed by atoms with E-state index in [1.807, 2.05) is 63.2 Å². The van der Waals surface area contributed by atoms with E-state index in [9.17, 15) is 18.0 Å². The Morgan fingerprint density at radius 3 is 2.25 bits per heavy atom. The van der Waals surface area contributed by atoms with E-state index in [1.165, 1.54) is 10.6 Å². The number of nitrogens with zero attached hydrogens (tertiary/aromatic N) is 2. The molecule has 0 fully saturated rings. The first kappa shape index (κ1) is 29.4. The van der Waals surface area contributed by atoms with Gasteiger partial charge in [0.1, 0.15) is 6.04 Å². The molecule has 2 amide bonds. The smallest absolute Gasteiger partial charge is 0.242 e. The molecule has 0 saturated carbocycles. The summed E-state index contributed by atoms with van der Waals surface area (Å²) in [4.78, 5) is 28.1. The summed E-state index contributed by atoms with van der Waals surface area (Å²) in [7, 11) is -3.51. The van der Waals surface area contributed by atoms with Gasteiger partial charge >= 0.3 is 0 Å². The zero-order valence-electron chi connectivity index (χ0n) is 22.3. The summed E-state index contributed by atoms with van der Waals surface area (Å²) in [6.45, 7) is 8.98. The topological polar surface area (TPSA) is 86.8 Å². The monoisotopic (exact) mass is 515 g/mol. The van der Waals surface area contributed by atoms with Crippen molar-refractivity contribution >= 4 is 27.5 Å². The third-order valence-corrected chi connectivity index (χ3v) is 7.32. The lowest BCUT2D eigenvalue weighted by molar-refractivity contribution is -0.141. The maximum Gasteiger partial charge on any atom is 0.242 e. The van der Waals surface area contributed by atoms with Gasteiger partial charge in [-0.2, -0.15) is 0 Å². The number of carbonyl (C=O) groups excluding carboxylic acids is 2. The number of hydrogen-bond acceptors (Lipinski definition) is 4. The van der Waals surface area contributed by atoms with Crippen LogP contribution in [0.2, 0.25) is 0 Å². The summed E-state index contributed by atoms with van der Waals surface area (Å²) in [5, 5.41) is 2.97. The number of carbonyl (C=O) groups is 2. The Balaban J connectivity index is 2.19. The molecular weight excluding hydrogens is 474 g/mol. The van der Waals surface area contributed by atoms with Gasteiger partial charge in [0, 0.05) is 26.1 Å². The highest BCUT2D eigenvalue weighted by atomic mass is 32.2. The molecule has 0 bridgehead atoms. The SMILES string of the molecule is CCCCNC(=O)[C@H](CC)N(Cc1ccc(C)cc1)C(=O)CCCN(c1cccc(C)c1)S(C)(=O)=O. The summed E-state index contributed by atoms with van der Waals surface area (Å²) in [6, 6.07) is 14.7. The fraction of sp³-hybridized carbons (Fsp3) is 0.500. The van der Waals surface area contributed by atoms with Crippen molar-refractivity contribution in [1.29, 1.82) is 0 Å². The molecule has 2 aromatic rings. The van der Waals surface area contributed by atoms with Crippen molar-refractivity contribution in [3.8, 4) is 0 Å². The van der Waals surface area contributed by atoms with E-state index in [2.05, 4.69) is 12.2 Å². The molecule has 198 valence electrons. The van der Waals surface area contributed by atoms with E-state index < -0.39 is 16.1 Å². The first-order valence-electron chi connectivity index (χ1n) is 12.7. The Hall–Kier alpha value is -2.87. The van der Waals surface area contributed by atoms with Gasteiger partial charge in [-0.05, 0) is 56.4 Å². The Morgan fingerprint density at radius 1 is 0.972 bits per heavy atom. The van der Waals surface area contributed by atoms with E-state index in [0.717, 1.165) is 29.5 Å². The second kappa shape index (κ2) is 14.0. The molecule has 0 aromatic heterocycles. The lowest BCUT2D eigenvalue weighted by Crippen LogP contribution is -2.49. The molecule has 0 aliphatic rings. The molecular formula is C28H41N3O4S. The quantitative estimate of drug-likeness (QED) is 0.373. The van der Waals surface area contributed by atoms with Crippen LogP contribution in [0.1, 0.15) is 62.6 Å². The van der Waals surface area contributed by atoms with Gasteiger partial charge < -0.3 is 10.2 Å². The Morgan fingerprint density at radius 2 is 1.67 bits per heavy atom. The number of nitrogens with one attached hydrogen (secondary N) is 1. The third kappa shape index (κ3) is 8.97. The van der Waals surface area contributed by atoms with Crippen LogP contribution in [0.4, 0.5) is 5.69 Å². The van der Waals surface area contributed by atoms with E-state index in [-0.39, 0.29) is 24.8 Å². The van der Waals surface area contributed by atoms with Crippen LogP contribution in [0.25, 0.3) is 0 Å². The van der Waals surface area contributed by atoms with Gasteiger partial charge in [0.25, 0.3) is 0 Å². The van der Waals surface area contributed by atoms with Crippen LogP contribution in [-0.2, 0) is 26.2 Å². The molecule has 0 spiro atoms. The predicted molar refractivity (Wildman–Crippen MR) is 146 cm³/mol. The predicted octanol–water partition coefficient (Wildman–Crippen LogP) is 4.57. The third-order valence-electron chi connectivity index (χ3n) is 6.13. The minimum absolute atomic E-state index is 0.141. The van der Waals surface area contributed by atoms with Gasteiger partial charge in [0.05, 0.1) is 11.9 Å². The Kier molecular flexibility index (Phi) is 11.4. The maximum atomic E-state index is 13.4. The van der Waals surface area contributed by atoms with Gasteiger partial charge in [-0.15, -0.1) is 0 Å². The van der Waals surface area contributed by atoms with Gasteiger partial charge in [-0.25, -0.2) is 8.42 Å². The maximum absolute atomic E-state index is 13.4. The van der Waals surface area contributed by atoms with E-state index in [4.69, 9.17) is 0 Å². The molecule has 7 nitrogen and oxygen atoms in total. The molecule has 2 aromatic carbocycles. The lowest BCUT2D eigenvalue weighted by Gasteiger charge is -2.31. The number of sulfonamides is 1. The zero-order chi connectivity index (χ0) is 26.7. The molecule has 1 N–H and O–H groups in total. The zero-order valence-corrected chi connectivity index (χ0v) is 23.1. The number of unbranched alkanes of at least 4 members (excludes halogenated alkanes) is 1. The summed E-state index contributed by atoms with van der Waals surface area (Å²) in [6.07, 6.45) is 4.01. The highest BCUT2D eigenvalue weighted by molar-refractivity contribution is 7.92. The molecule has 0 radical (unpaired) electrons. The van der Waals surface area contributed by atoms with Crippen molar-refractivity contribution in [3.05, 3.63) is 65.2 Å². The van der Waals surface area contributed by atoms with Gasteiger partial charge in [0.2, 0.25) is 21.8 Å². The molecule has 2 rings (SSSR count). The second-order valence-corrected chi connectivity index (χ2v) is 11.3. The first-order chi connectivity index (χ1) is 17.1. The van der Waals surface area contributed by atoms with E-state index >= 15 is 0 Å². The normalized spacial score (nSPS) is 12.1. The first-order valence-corrected chi connectivity index (χ1v) is 14.6. The summed E-state index contributed by atoms with van der Waals surface area (Å²) < 4.78 is 26.3. The van der Waals surface area contributed by atoms with Crippen molar-refractivity contribution in [3.63, 3.8) is 0 Å². The van der Waals surface area contributed by atoms with Crippen molar-refractivity contribution in [2.45, 2.75) is 72.4 Å². The fourth-order valence-electron chi connectivity index (χ4n) is 4.10. The minimum atomic E-state index is -3.51. The van der Waals surface area contributed by atoms with Crippen molar-refractivity contribution < 1.29 is 18.0 Å². The van der Waals surface area contributed by atoms with Crippen molar-refractivity contribution in [1.82, 2.24) is 10.2 Å². The molecule has 0 heterocycles. The van der Waals surface area contributed by atoms with Crippen LogP contribution >= 0.6 is 0 Å². The largest absolute Gasteiger partial charge is 0.354 e. The van der Waals surface area contributed by atoms with Gasteiger partial charge in [-0.3, -0.25) is 13.9 Å². The molecule has 1 atom stereocenters. The number of hydrogen-bond donors (Lipinski definition) is 1. The highest BCUT2D eigenvalue weighted by Crippen LogP contribution is 2.21. The van der Waals surface area contributed by atoms with Gasteiger partial charge in [-0.1, -0.05) is 62.2 Å². The average molecular weight is 516 g/mol. The minimum Gasteiger partial charge on any atom is -0.354 e. The average Bonchev–Trinajstić information content (AvgIpc) is 2.82.